The van der Waals surface area contributed by atoms with Gasteiger partial charge < -0.3 is 15.8 Å². The van der Waals surface area contributed by atoms with E-state index in [-0.39, 0.29) is 16.1 Å². The number of anilines is 3. The van der Waals surface area contributed by atoms with Gasteiger partial charge in [-0.25, -0.2) is 0 Å². The number of halogens is 2. The molecule has 0 radical (unpaired) electrons. The van der Waals surface area contributed by atoms with Crippen LogP contribution in [0.1, 0.15) is 6.92 Å². The lowest BCUT2D eigenvalue weighted by Crippen LogP contribution is -2.03. The average molecular weight is 299 g/mol. The molecule has 0 aliphatic rings. The summed E-state index contributed by atoms with van der Waals surface area (Å²) in [7, 11) is 0. The highest BCUT2D eigenvalue weighted by atomic mass is 35.5. The van der Waals surface area contributed by atoms with E-state index in [4.69, 9.17) is 33.7 Å². The van der Waals surface area contributed by atoms with Crippen LogP contribution in [0.5, 0.6) is 5.75 Å². The molecule has 0 amide bonds. The van der Waals surface area contributed by atoms with E-state index < -0.39 is 0 Å². The number of benzene rings is 1. The SMILES string of the molecule is CCOc1ccccc1Nc1nc(Cl)nc(N)c1Cl. The van der Waals surface area contributed by atoms with Crippen molar-refractivity contribution in [3.8, 4) is 5.75 Å². The Balaban J connectivity index is 2.36. The van der Waals surface area contributed by atoms with E-state index in [1.54, 1.807) is 0 Å². The molecule has 0 aliphatic carbocycles. The number of aromatic nitrogens is 2. The summed E-state index contributed by atoms with van der Waals surface area (Å²) in [5, 5.41) is 3.28. The second-order valence-corrected chi connectivity index (χ2v) is 4.31. The molecule has 0 saturated carbocycles. The molecule has 2 rings (SSSR count). The summed E-state index contributed by atoms with van der Waals surface area (Å²) in [5.41, 5.74) is 6.36. The first-order chi connectivity index (χ1) is 9.11. The Morgan fingerprint density at radius 1 is 1.26 bits per heavy atom. The largest absolute Gasteiger partial charge is 0.492 e. The fraction of sp³-hybridized carbons (Fsp3) is 0.167. The van der Waals surface area contributed by atoms with Gasteiger partial charge in [0.25, 0.3) is 0 Å². The molecule has 0 fully saturated rings. The van der Waals surface area contributed by atoms with E-state index in [0.717, 1.165) is 5.69 Å². The molecule has 0 spiro atoms. The van der Waals surface area contributed by atoms with Gasteiger partial charge in [0.2, 0.25) is 5.28 Å². The Kier molecular flexibility index (Phi) is 4.29. The van der Waals surface area contributed by atoms with Crippen molar-refractivity contribution >= 4 is 40.5 Å². The summed E-state index contributed by atoms with van der Waals surface area (Å²) in [6, 6.07) is 7.42. The third kappa shape index (κ3) is 3.19. The van der Waals surface area contributed by atoms with Gasteiger partial charge in [0.1, 0.15) is 16.6 Å². The van der Waals surface area contributed by atoms with Crippen molar-refractivity contribution < 1.29 is 4.74 Å². The highest BCUT2D eigenvalue weighted by molar-refractivity contribution is 6.36. The van der Waals surface area contributed by atoms with Crippen molar-refractivity contribution in [3.63, 3.8) is 0 Å². The van der Waals surface area contributed by atoms with Crippen LogP contribution in [0.3, 0.4) is 0 Å². The molecule has 7 heteroatoms. The maximum Gasteiger partial charge on any atom is 0.226 e. The Morgan fingerprint density at radius 3 is 2.74 bits per heavy atom. The number of hydrogen-bond donors (Lipinski definition) is 2. The number of rotatable bonds is 4. The summed E-state index contributed by atoms with van der Waals surface area (Å²) in [6.45, 7) is 2.46. The predicted molar refractivity (Wildman–Crippen MR) is 77.4 cm³/mol. The minimum absolute atomic E-state index is 0.0262. The number of nitrogen functional groups attached to an aromatic ring is 1. The first kappa shape index (κ1) is 13.7. The topological polar surface area (TPSA) is 73.1 Å². The maximum absolute atomic E-state index is 6.03. The molecular weight excluding hydrogens is 287 g/mol. The van der Waals surface area contributed by atoms with Crippen molar-refractivity contribution in [2.24, 2.45) is 0 Å². The van der Waals surface area contributed by atoms with Crippen molar-refractivity contribution in [2.75, 3.05) is 17.7 Å². The molecular formula is C12H12Cl2N4O. The second kappa shape index (κ2) is 5.95. The quantitative estimate of drug-likeness (QED) is 0.845. The zero-order valence-corrected chi connectivity index (χ0v) is 11.7. The molecule has 0 bridgehead atoms. The molecule has 100 valence electrons. The van der Waals surface area contributed by atoms with Crippen LogP contribution in [0.15, 0.2) is 24.3 Å². The summed E-state index contributed by atoms with van der Waals surface area (Å²) in [5.74, 6) is 1.15. The molecule has 1 aromatic heterocycles. The van der Waals surface area contributed by atoms with Crippen molar-refractivity contribution in [1.29, 1.82) is 0 Å². The molecule has 5 nitrogen and oxygen atoms in total. The van der Waals surface area contributed by atoms with Crippen LogP contribution in [0, 0.1) is 0 Å². The predicted octanol–water partition coefficient (Wildman–Crippen LogP) is 3.51. The van der Waals surface area contributed by atoms with Gasteiger partial charge in [-0.15, -0.1) is 0 Å². The molecule has 0 atom stereocenters. The highest BCUT2D eigenvalue weighted by Crippen LogP contribution is 2.32. The zero-order valence-electron chi connectivity index (χ0n) is 10.2. The van der Waals surface area contributed by atoms with Gasteiger partial charge in [-0.3, -0.25) is 0 Å². The number of nitrogens with one attached hydrogen (secondary N) is 1. The van der Waals surface area contributed by atoms with Gasteiger partial charge in [0.05, 0.1) is 12.3 Å². The standard InChI is InChI=1S/C12H12Cl2N4O/c1-2-19-8-6-4-3-5-7(8)16-11-9(13)10(15)17-12(14)18-11/h3-6H,2H2,1H3,(H3,15,16,17,18). The van der Waals surface area contributed by atoms with E-state index in [9.17, 15) is 0 Å². The van der Waals surface area contributed by atoms with Gasteiger partial charge >= 0.3 is 0 Å². The van der Waals surface area contributed by atoms with Crippen LogP contribution >= 0.6 is 23.2 Å². The third-order valence-corrected chi connectivity index (χ3v) is 2.83. The van der Waals surface area contributed by atoms with Crippen molar-refractivity contribution in [1.82, 2.24) is 9.97 Å². The molecule has 3 N–H and O–H groups in total. The van der Waals surface area contributed by atoms with Crippen LogP contribution in [0.4, 0.5) is 17.3 Å². The van der Waals surface area contributed by atoms with E-state index in [1.807, 2.05) is 31.2 Å². The molecule has 19 heavy (non-hydrogen) atoms. The number of para-hydroxylation sites is 2. The lowest BCUT2D eigenvalue weighted by Gasteiger charge is -2.13. The van der Waals surface area contributed by atoms with E-state index >= 15 is 0 Å². The summed E-state index contributed by atoms with van der Waals surface area (Å²) in [4.78, 5) is 7.77. The third-order valence-electron chi connectivity index (χ3n) is 2.29. The fourth-order valence-electron chi connectivity index (χ4n) is 1.50. The Bertz CT molecular complexity index is 592. The molecule has 2 aromatic rings. The number of hydrogen-bond acceptors (Lipinski definition) is 5. The van der Waals surface area contributed by atoms with Crippen LogP contribution in [0.2, 0.25) is 10.3 Å². The van der Waals surface area contributed by atoms with Crippen LogP contribution < -0.4 is 15.8 Å². The summed E-state index contributed by atoms with van der Waals surface area (Å²) < 4.78 is 5.50. The minimum Gasteiger partial charge on any atom is -0.492 e. The van der Waals surface area contributed by atoms with Gasteiger partial charge in [0, 0.05) is 0 Å². The summed E-state index contributed by atoms with van der Waals surface area (Å²) >= 11 is 11.8. The van der Waals surface area contributed by atoms with Gasteiger partial charge in [-0.05, 0) is 30.7 Å². The first-order valence-corrected chi connectivity index (χ1v) is 6.34. The van der Waals surface area contributed by atoms with Gasteiger partial charge in [0.15, 0.2) is 5.82 Å². The monoisotopic (exact) mass is 298 g/mol. The van der Waals surface area contributed by atoms with Gasteiger partial charge in [-0.1, -0.05) is 23.7 Å². The molecule has 1 heterocycles. The number of nitrogens with zero attached hydrogens (tertiary/aromatic N) is 2. The van der Waals surface area contributed by atoms with Crippen LogP contribution in [0.25, 0.3) is 0 Å². The minimum atomic E-state index is 0.0262. The van der Waals surface area contributed by atoms with Crippen molar-refractivity contribution in [3.05, 3.63) is 34.6 Å². The number of ether oxygens (including phenoxy) is 1. The Hall–Kier alpha value is -1.72. The summed E-state index contributed by atoms with van der Waals surface area (Å²) in [6.07, 6.45) is 0. The first-order valence-electron chi connectivity index (χ1n) is 5.59. The number of nitrogens with two attached hydrogens (primary N) is 1. The van der Waals surface area contributed by atoms with Crippen LogP contribution in [-0.4, -0.2) is 16.6 Å². The van der Waals surface area contributed by atoms with Crippen molar-refractivity contribution in [2.45, 2.75) is 6.92 Å². The molecule has 1 aromatic carbocycles. The molecule has 0 saturated heterocycles. The van der Waals surface area contributed by atoms with E-state index in [0.29, 0.717) is 18.2 Å². The molecule has 0 aliphatic heterocycles. The Morgan fingerprint density at radius 2 is 2.00 bits per heavy atom. The Labute approximate surface area is 120 Å². The second-order valence-electron chi connectivity index (χ2n) is 3.59. The lowest BCUT2D eigenvalue weighted by molar-refractivity contribution is 0.342. The fourth-order valence-corrected chi connectivity index (χ4v) is 1.81. The highest BCUT2D eigenvalue weighted by Gasteiger charge is 2.11. The average Bonchev–Trinajstić information content (AvgIpc) is 2.38. The zero-order chi connectivity index (χ0) is 13.8. The van der Waals surface area contributed by atoms with Gasteiger partial charge in [-0.2, -0.15) is 9.97 Å². The smallest absolute Gasteiger partial charge is 0.226 e. The molecule has 0 unspecified atom stereocenters. The van der Waals surface area contributed by atoms with E-state index in [1.165, 1.54) is 0 Å². The normalized spacial score (nSPS) is 10.3. The van der Waals surface area contributed by atoms with Crippen LogP contribution in [-0.2, 0) is 0 Å². The maximum atomic E-state index is 6.03. The lowest BCUT2D eigenvalue weighted by atomic mass is 10.3. The van der Waals surface area contributed by atoms with E-state index in [2.05, 4.69) is 15.3 Å².